The minimum absolute atomic E-state index is 0.00158. The van der Waals surface area contributed by atoms with Gasteiger partial charge >= 0.3 is 12.1 Å². The molecule has 1 amide bonds. The highest BCUT2D eigenvalue weighted by molar-refractivity contribution is 5.80. The number of benzene rings is 3. The molecule has 0 aliphatic heterocycles. The Morgan fingerprint density at radius 1 is 0.867 bits per heavy atom. The highest BCUT2D eigenvalue weighted by Gasteiger charge is 2.33. The summed E-state index contributed by atoms with van der Waals surface area (Å²) in [6.07, 6.45) is -1.11. The summed E-state index contributed by atoms with van der Waals surface area (Å²) in [7, 11) is 0. The van der Waals surface area contributed by atoms with Crippen molar-refractivity contribution >= 4 is 12.1 Å². The summed E-state index contributed by atoms with van der Waals surface area (Å²) in [4.78, 5) is 24.1. The summed E-state index contributed by atoms with van der Waals surface area (Å²) < 4.78 is 5.34. The maximum absolute atomic E-state index is 12.5. The Hall–Kier alpha value is -3.64. The zero-order valence-corrected chi connectivity index (χ0v) is 16.1. The van der Waals surface area contributed by atoms with E-state index in [1.165, 1.54) is 0 Å². The van der Waals surface area contributed by atoms with Gasteiger partial charge in [-0.3, -0.25) is 5.21 Å². The molecule has 0 spiro atoms. The van der Waals surface area contributed by atoms with E-state index >= 15 is 0 Å². The number of hydroxylamine groups is 2. The van der Waals surface area contributed by atoms with E-state index < -0.39 is 18.1 Å². The molecule has 0 radical (unpaired) electrons. The molecule has 0 saturated carbocycles. The Bertz CT molecular complexity index is 1020. The van der Waals surface area contributed by atoms with Gasteiger partial charge in [0, 0.05) is 12.3 Å². The summed E-state index contributed by atoms with van der Waals surface area (Å²) in [6, 6.07) is 23.2. The highest BCUT2D eigenvalue weighted by atomic mass is 16.6. The first kappa shape index (κ1) is 19.7. The number of carboxylic acid groups (broad SMARTS) is 1. The Balaban J connectivity index is 1.48. The van der Waals surface area contributed by atoms with Gasteiger partial charge in [-0.25, -0.2) is 9.59 Å². The molecule has 0 aromatic heterocycles. The van der Waals surface area contributed by atoms with Crippen molar-refractivity contribution in [2.45, 2.75) is 18.4 Å². The summed E-state index contributed by atoms with van der Waals surface area (Å²) in [5.74, 6) is -1.48. The van der Waals surface area contributed by atoms with Crippen LogP contribution in [0.3, 0.4) is 0 Å². The molecule has 0 saturated heterocycles. The first-order chi connectivity index (χ1) is 14.6. The number of hydrogen-bond acceptors (Lipinski definition) is 4. The van der Waals surface area contributed by atoms with E-state index in [1.54, 1.807) is 24.3 Å². The fourth-order valence-electron chi connectivity index (χ4n) is 3.90. The molecule has 0 bridgehead atoms. The zero-order chi connectivity index (χ0) is 21.1. The number of carboxylic acids is 1. The fraction of sp³-hybridized carbons (Fsp3) is 0.167. The standard InChI is InChI=1S/C24H21NO5/c26-23(27)22(14-16-8-2-1-3-9-16)25(29)24(28)30-15-21-19-12-6-4-10-17(19)18-11-5-7-13-20(18)21/h1-13,21-22,29H,14-15H2,(H,26,27). The monoisotopic (exact) mass is 403 g/mol. The number of carbonyl (C=O) groups is 2. The van der Waals surface area contributed by atoms with Crippen LogP contribution in [0.25, 0.3) is 11.1 Å². The molecule has 152 valence electrons. The lowest BCUT2D eigenvalue weighted by molar-refractivity contribution is -0.161. The number of rotatable bonds is 6. The summed E-state index contributed by atoms with van der Waals surface area (Å²) >= 11 is 0. The largest absolute Gasteiger partial charge is 0.480 e. The predicted molar refractivity (Wildman–Crippen MR) is 110 cm³/mol. The van der Waals surface area contributed by atoms with Crippen LogP contribution in [0.4, 0.5) is 4.79 Å². The minimum atomic E-state index is -1.44. The number of aliphatic carboxylic acids is 1. The van der Waals surface area contributed by atoms with E-state index in [2.05, 4.69) is 0 Å². The number of fused-ring (bicyclic) bond motifs is 3. The molecule has 2 N–H and O–H groups in total. The molecule has 1 aliphatic carbocycles. The molecule has 1 aliphatic rings. The van der Waals surface area contributed by atoms with Gasteiger partial charge < -0.3 is 9.84 Å². The van der Waals surface area contributed by atoms with Gasteiger partial charge in [0.2, 0.25) is 0 Å². The maximum atomic E-state index is 12.5. The van der Waals surface area contributed by atoms with E-state index in [1.807, 2.05) is 54.6 Å². The molecule has 0 fully saturated rings. The van der Waals surface area contributed by atoms with Crippen LogP contribution >= 0.6 is 0 Å². The molecular weight excluding hydrogens is 382 g/mol. The molecule has 6 nitrogen and oxygen atoms in total. The number of hydrogen-bond donors (Lipinski definition) is 2. The second kappa shape index (κ2) is 8.39. The van der Waals surface area contributed by atoms with Gasteiger partial charge in [-0.2, -0.15) is 5.06 Å². The van der Waals surface area contributed by atoms with Crippen LogP contribution in [0, 0.1) is 0 Å². The lowest BCUT2D eigenvalue weighted by Gasteiger charge is -2.23. The van der Waals surface area contributed by atoms with Crippen molar-refractivity contribution in [1.82, 2.24) is 5.06 Å². The van der Waals surface area contributed by atoms with Gasteiger partial charge in [-0.05, 0) is 27.8 Å². The van der Waals surface area contributed by atoms with E-state index in [4.69, 9.17) is 4.74 Å². The van der Waals surface area contributed by atoms with Crippen molar-refractivity contribution in [3.8, 4) is 11.1 Å². The third kappa shape index (κ3) is 3.77. The molecule has 6 heteroatoms. The molecule has 0 heterocycles. The maximum Gasteiger partial charge on any atom is 0.434 e. The van der Waals surface area contributed by atoms with Crippen molar-refractivity contribution in [1.29, 1.82) is 0 Å². The molecule has 4 rings (SSSR count). The van der Waals surface area contributed by atoms with E-state index in [0.29, 0.717) is 5.56 Å². The highest BCUT2D eigenvalue weighted by Crippen LogP contribution is 2.44. The average Bonchev–Trinajstić information content (AvgIpc) is 3.09. The van der Waals surface area contributed by atoms with E-state index in [-0.39, 0.29) is 24.0 Å². The van der Waals surface area contributed by atoms with Crippen LogP contribution in [0.2, 0.25) is 0 Å². The summed E-state index contributed by atoms with van der Waals surface area (Å²) in [5.41, 5.74) is 4.94. The Labute approximate surface area is 173 Å². The molecular formula is C24H21NO5. The van der Waals surface area contributed by atoms with Gasteiger partial charge in [-0.15, -0.1) is 0 Å². The summed E-state index contributed by atoms with van der Waals surface area (Å²) in [6.45, 7) is 0.00158. The van der Waals surface area contributed by atoms with Crippen LogP contribution in [0.1, 0.15) is 22.6 Å². The molecule has 3 aromatic carbocycles. The molecule has 3 aromatic rings. The van der Waals surface area contributed by atoms with E-state index in [0.717, 1.165) is 22.3 Å². The lowest BCUT2D eigenvalue weighted by atomic mass is 9.98. The van der Waals surface area contributed by atoms with Crippen LogP contribution in [0.15, 0.2) is 78.9 Å². The van der Waals surface area contributed by atoms with Crippen molar-refractivity contribution in [3.05, 3.63) is 95.6 Å². The quantitative estimate of drug-likeness (QED) is 0.473. The number of carbonyl (C=O) groups excluding carboxylic acids is 1. The number of ether oxygens (including phenoxy) is 1. The number of amides is 1. The van der Waals surface area contributed by atoms with E-state index in [9.17, 15) is 19.9 Å². The first-order valence-electron chi connectivity index (χ1n) is 9.66. The van der Waals surface area contributed by atoms with Crippen molar-refractivity contribution in [2.75, 3.05) is 6.61 Å². The second-order valence-electron chi connectivity index (χ2n) is 7.19. The fourth-order valence-corrected chi connectivity index (χ4v) is 3.90. The second-order valence-corrected chi connectivity index (χ2v) is 7.19. The van der Waals surface area contributed by atoms with Crippen molar-refractivity contribution in [2.24, 2.45) is 0 Å². The van der Waals surface area contributed by atoms with Gasteiger partial charge in [0.1, 0.15) is 6.61 Å². The normalized spacial score (nSPS) is 13.2. The SMILES string of the molecule is O=C(O)C(Cc1ccccc1)N(O)C(=O)OCC1c2ccccc2-c2ccccc21. The Morgan fingerprint density at radius 2 is 1.40 bits per heavy atom. The molecule has 30 heavy (non-hydrogen) atoms. The summed E-state index contributed by atoms with van der Waals surface area (Å²) in [5, 5.41) is 19.9. The predicted octanol–water partition coefficient (Wildman–Crippen LogP) is 4.32. The zero-order valence-electron chi connectivity index (χ0n) is 16.1. The Morgan fingerprint density at radius 3 is 1.97 bits per heavy atom. The van der Waals surface area contributed by atoms with Crippen LogP contribution in [-0.4, -0.2) is 40.1 Å². The number of nitrogens with zero attached hydrogens (tertiary/aromatic N) is 1. The van der Waals surface area contributed by atoms with Crippen molar-refractivity contribution in [3.63, 3.8) is 0 Å². The van der Waals surface area contributed by atoms with Crippen LogP contribution in [-0.2, 0) is 16.0 Å². The smallest absolute Gasteiger partial charge is 0.434 e. The van der Waals surface area contributed by atoms with Gasteiger partial charge in [0.25, 0.3) is 0 Å². The third-order valence-electron chi connectivity index (χ3n) is 5.38. The van der Waals surface area contributed by atoms with Gasteiger partial charge in [0.15, 0.2) is 6.04 Å². The first-order valence-corrected chi connectivity index (χ1v) is 9.66. The van der Waals surface area contributed by atoms with Crippen LogP contribution < -0.4 is 0 Å². The third-order valence-corrected chi connectivity index (χ3v) is 5.38. The topological polar surface area (TPSA) is 87.1 Å². The minimum Gasteiger partial charge on any atom is -0.480 e. The van der Waals surface area contributed by atoms with Gasteiger partial charge in [0.05, 0.1) is 0 Å². The molecule has 1 unspecified atom stereocenters. The van der Waals surface area contributed by atoms with Crippen molar-refractivity contribution < 1.29 is 24.6 Å². The Kier molecular flexibility index (Phi) is 5.50. The average molecular weight is 403 g/mol. The van der Waals surface area contributed by atoms with Crippen LogP contribution in [0.5, 0.6) is 0 Å². The molecule has 1 atom stereocenters. The van der Waals surface area contributed by atoms with Gasteiger partial charge in [-0.1, -0.05) is 78.9 Å². The lowest BCUT2D eigenvalue weighted by Crippen LogP contribution is -2.44.